The molecule has 0 bridgehead atoms. The number of nitrogens with zero attached hydrogens (tertiary/aromatic N) is 1. The summed E-state index contributed by atoms with van der Waals surface area (Å²) in [5.74, 6) is 1.02. The zero-order chi connectivity index (χ0) is 25.1. The SMILES string of the molecule is COc1ccc(-c2cc(C(=O)OC(C)C(=O)NCc3ccc4c(c3)OCO4)c3ccccc3n2)cc1. The van der Waals surface area contributed by atoms with Crippen molar-refractivity contribution in [1.82, 2.24) is 10.3 Å². The fraction of sp³-hybridized carbons (Fsp3) is 0.179. The van der Waals surface area contributed by atoms with Gasteiger partial charge in [-0.2, -0.15) is 0 Å². The summed E-state index contributed by atoms with van der Waals surface area (Å²) in [4.78, 5) is 30.5. The van der Waals surface area contributed by atoms with Gasteiger partial charge in [0.05, 0.1) is 23.9 Å². The van der Waals surface area contributed by atoms with E-state index in [1.54, 1.807) is 32.2 Å². The minimum Gasteiger partial charge on any atom is -0.497 e. The highest BCUT2D eigenvalue weighted by atomic mass is 16.7. The average Bonchev–Trinajstić information content (AvgIpc) is 3.39. The molecule has 0 saturated heterocycles. The van der Waals surface area contributed by atoms with Crippen molar-refractivity contribution >= 4 is 22.8 Å². The van der Waals surface area contributed by atoms with Crippen LogP contribution in [0.1, 0.15) is 22.8 Å². The molecule has 4 aromatic rings. The molecule has 1 aliphatic rings. The Kier molecular flexibility index (Phi) is 6.40. The molecule has 0 spiro atoms. The summed E-state index contributed by atoms with van der Waals surface area (Å²) in [6.45, 7) is 1.99. The number of ether oxygens (including phenoxy) is 4. The summed E-state index contributed by atoms with van der Waals surface area (Å²) >= 11 is 0. The lowest BCUT2D eigenvalue weighted by Gasteiger charge is -2.15. The van der Waals surface area contributed by atoms with E-state index >= 15 is 0 Å². The van der Waals surface area contributed by atoms with Gasteiger partial charge in [-0.25, -0.2) is 9.78 Å². The number of carbonyl (C=O) groups is 2. The summed E-state index contributed by atoms with van der Waals surface area (Å²) in [7, 11) is 1.60. The summed E-state index contributed by atoms with van der Waals surface area (Å²) in [6.07, 6.45) is -0.997. The van der Waals surface area contributed by atoms with Crippen molar-refractivity contribution in [3.63, 3.8) is 0 Å². The molecule has 3 aromatic carbocycles. The quantitative estimate of drug-likeness (QED) is 0.386. The monoisotopic (exact) mass is 484 g/mol. The smallest absolute Gasteiger partial charge is 0.339 e. The van der Waals surface area contributed by atoms with E-state index < -0.39 is 18.0 Å². The van der Waals surface area contributed by atoms with Gasteiger partial charge < -0.3 is 24.3 Å². The molecule has 5 rings (SSSR count). The second-order valence-electron chi connectivity index (χ2n) is 8.25. The lowest BCUT2D eigenvalue weighted by Crippen LogP contribution is -2.35. The highest BCUT2D eigenvalue weighted by molar-refractivity contribution is 6.05. The second kappa shape index (κ2) is 9.95. The van der Waals surface area contributed by atoms with Gasteiger partial charge >= 0.3 is 5.97 Å². The van der Waals surface area contributed by atoms with Crippen molar-refractivity contribution in [3.8, 4) is 28.5 Å². The summed E-state index contributed by atoms with van der Waals surface area (Å²) in [5.41, 5.74) is 3.27. The fourth-order valence-electron chi connectivity index (χ4n) is 3.92. The molecule has 1 aliphatic heterocycles. The number of pyridine rings is 1. The number of amides is 1. The molecule has 1 amide bonds. The van der Waals surface area contributed by atoms with Gasteiger partial charge in [-0.15, -0.1) is 0 Å². The van der Waals surface area contributed by atoms with Crippen LogP contribution in [0.5, 0.6) is 17.2 Å². The number of para-hydroxylation sites is 1. The van der Waals surface area contributed by atoms with Crippen molar-refractivity contribution < 1.29 is 28.5 Å². The van der Waals surface area contributed by atoms with E-state index in [4.69, 9.17) is 23.9 Å². The third-order valence-electron chi connectivity index (χ3n) is 5.88. The number of nitrogens with one attached hydrogen (secondary N) is 1. The van der Waals surface area contributed by atoms with Crippen LogP contribution in [-0.2, 0) is 16.1 Å². The van der Waals surface area contributed by atoms with Crippen LogP contribution in [0.15, 0.2) is 72.8 Å². The number of aromatic nitrogens is 1. The maximum atomic E-state index is 13.2. The molecule has 36 heavy (non-hydrogen) atoms. The topological polar surface area (TPSA) is 96.0 Å². The average molecular weight is 485 g/mol. The normalized spacial score (nSPS) is 12.7. The second-order valence-corrected chi connectivity index (χ2v) is 8.25. The van der Waals surface area contributed by atoms with Gasteiger partial charge in [0.1, 0.15) is 5.75 Å². The Morgan fingerprint density at radius 2 is 1.78 bits per heavy atom. The van der Waals surface area contributed by atoms with Crippen LogP contribution < -0.4 is 19.5 Å². The van der Waals surface area contributed by atoms with Gasteiger partial charge in [-0.05, 0) is 61.0 Å². The Balaban J connectivity index is 1.32. The molecular weight excluding hydrogens is 460 g/mol. The molecule has 8 nitrogen and oxygen atoms in total. The number of carbonyl (C=O) groups excluding carboxylic acids is 2. The molecule has 1 unspecified atom stereocenters. The van der Waals surface area contributed by atoms with Gasteiger partial charge in [0.2, 0.25) is 6.79 Å². The number of fused-ring (bicyclic) bond motifs is 2. The van der Waals surface area contributed by atoms with Crippen LogP contribution in [0.3, 0.4) is 0 Å². The van der Waals surface area contributed by atoms with E-state index in [0.29, 0.717) is 33.7 Å². The molecule has 182 valence electrons. The van der Waals surface area contributed by atoms with Crippen LogP contribution in [0.25, 0.3) is 22.2 Å². The molecule has 0 fully saturated rings. The molecule has 1 N–H and O–H groups in total. The molecule has 0 radical (unpaired) electrons. The number of rotatable bonds is 7. The minimum atomic E-state index is -0.997. The number of benzene rings is 3. The van der Waals surface area contributed by atoms with E-state index in [0.717, 1.165) is 16.9 Å². The zero-order valence-electron chi connectivity index (χ0n) is 19.8. The Bertz CT molecular complexity index is 1430. The Labute approximate surface area is 207 Å². The molecular formula is C28H24N2O6. The third-order valence-corrected chi connectivity index (χ3v) is 5.88. The van der Waals surface area contributed by atoms with Crippen LogP contribution in [0.2, 0.25) is 0 Å². The number of esters is 1. The Morgan fingerprint density at radius 1 is 1.00 bits per heavy atom. The molecule has 2 heterocycles. The number of methoxy groups -OCH3 is 1. The van der Waals surface area contributed by atoms with Crippen molar-refractivity contribution in [3.05, 3.63) is 83.9 Å². The largest absolute Gasteiger partial charge is 0.497 e. The first kappa shape index (κ1) is 23.2. The first-order valence-electron chi connectivity index (χ1n) is 11.4. The van der Waals surface area contributed by atoms with E-state index in [1.165, 1.54) is 0 Å². The highest BCUT2D eigenvalue weighted by Crippen LogP contribution is 2.32. The van der Waals surface area contributed by atoms with Crippen LogP contribution in [0.4, 0.5) is 0 Å². The fourth-order valence-corrected chi connectivity index (χ4v) is 3.92. The molecule has 8 heteroatoms. The highest BCUT2D eigenvalue weighted by Gasteiger charge is 2.22. The van der Waals surface area contributed by atoms with Crippen LogP contribution in [-0.4, -0.2) is 36.9 Å². The molecule has 0 aliphatic carbocycles. The summed E-state index contributed by atoms with van der Waals surface area (Å²) < 4.78 is 21.5. The van der Waals surface area contributed by atoms with Crippen molar-refractivity contribution in [2.45, 2.75) is 19.6 Å². The van der Waals surface area contributed by atoms with Crippen molar-refractivity contribution in [1.29, 1.82) is 0 Å². The predicted octanol–water partition coefficient (Wildman–Crippen LogP) is 4.50. The van der Waals surface area contributed by atoms with E-state index in [9.17, 15) is 9.59 Å². The maximum absolute atomic E-state index is 13.2. The van der Waals surface area contributed by atoms with Gasteiger partial charge in [0.25, 0.3) is 5.91 Å². The molecule has 1 aromatic heterocycles. The first-order chi connectivity index (χ1) is 17.5. The van der Waals surface area contributed by atoms with Crippen LogP contribution >= 0.6 is 0 Å². The minimum absolute atomic E-state index is 0.183. The number of hydrogen-bond acceptors (Lipinski definition) is 7. The van der Waals surface area contributed by atoms with Gasteiger partial charge in [0.15, 0.2) is 17.6 Å². The number of hydrogen-bond donors (Lipinski definition) is 1. The third kappa shape index (κ3) is 4.79. The predicted molar refractivity (Wildman–Crippen MR) is 133 cm³/mol. The maximum Gasteiger partial charge on any atom is 0.339 e. The van der Waals surface area contributed by atoms with E-state index in [-0.39, 0.29) is 13.3 Å². The summed E-state index contributed by atoms with van der Waals surface area (Å²) in [5, 5.41) is 3.44. The van der Waals surface area contributed by atoms with E-state index in [2.05, 4.69) is 5.32 Å². The lowest BCUT2D eigenvalue weighted by molar-refractivity contribution is -0.129. The summed E-state index contributed by atoms with van der Waals surface area (Å²) in [6, 6.07) is 21.9. The Hall–Kier alpha value is -4.59. The molecule has 1 atom stereocenters. The van der Waals surface area contributed by atoms with Gasteiger partial charge in [0, 0.05) is 17.5 Å². The van der Waals surface area contributed by atoms with Gasteiger partial charge in [-0.3, -0.25) is 4.79 Å². The van der Waals surface area contributed by atoms with Gasteiger partial charge in [-0.1, -0.05) is 24.3 Å². The zero-order valence-corrected chi connectivity index (χ0v) is 19.8. The molecule has 0 saturated carbocycles. The first-order valence-corrected chi connectivity index (χ1v) is 11.4. The van der Waals surface area contributed by atoms with Crippen molar-refractivity contribution in [2.75, 3.05) is 13.9 Å². The van der Waals surface area contributed by atoms with E-state index in [1.807, 2.05) is 54.6 Å². The Morgan fingerprint density at radius 3 is 2.58 bits per heavy atom. The standard InChI is InChI=1S/C28H24N2O6/c1-17(27(31)29-15-18-7-12-25-26(13-18)35-16-34-25)36-28(32)22-14-24(19-8-10-20(33-2)11-9-19)30-23-6-4-3-5-21(22)23/h3-14,17H,15-16H2,1-2H3,(H,29,31). The van der Waals surface area contributed by atoms with Crippen LogP contribution in [0, 0.1) is 0 Å². The van der Waals surface area contributed by atoms with Crippen molar-refractivity contribution in [2.24, 2.45) is 0 Å². The lowest BCUT2D eigenvalue weighted by atomic mass is 10.0.